The van der Waals surface area contributed by atoms with Gasteiger partial charge in [0.2, 0.25) is 10.0 Å². The van der Waals surface area contributed by atoms with Crippen LogP contribution in [0.1, 0.15) is 12.0 Å². The Morgan fingerprint density at radius 2 is 2.18 bits per heavy atom. The standard InChI is InChI=1S/C13H18BrN3O4S/c1-9-12(14)5-11(6-13(9)17(18)19)22(20,21)16-4-3-10(8-16)7-15-2/h5-6,10,15H,3-4,7-8H2,1-2H3. The lowest BCUT2D eigenvalue weighted by molar-refractivity contribution is -0.385. The second-order valence-electron chi connectivity index (χ2n) is 5.38. The first kappa shape index (κ1) is 17.3. The number of hydrogen-bond acceptors (Lipinski definition) is 5. The Morgan fingerprint density at radius 1 is 1.50 bits per heavy atom. The lowest BCUT2D eigenvalue weighted by Gasteiger charge is -2.17. The number of sulfonamides is 1. The molecule has 1 aliphatic heterocycles. The molecule has 22 heavy (non-hydrogen) atoms. The van der Waals surface area contributed by atoms with Crippen molar-refractivity contribution in [3.63, 3.8) is 0 Å². The Morgan fingerprint density at radius 3 is 2.77 bits per heavy atom. The summed E-state index contributed by atoms with van der Waals surface area (Å²) in [5, 5.41) is 14.1. The van der Waals surface area contributed by atoms with Gasteiger partial charge in [0.05, 0.1) is 9.82 Å². The number of nitro groups is 1. The van der Waals surface area contributed by atoms with E-state index in [1.54, 1.807) is 6.92 Å². The van der Waals surface area contributed by atoms with Crippen molar-refractivity contribution in [1.82, 2.24) is 9.62 Å². The zero-order valence-corrected chi connectivity index (χ0v) is 14.8. The zero-order chi connectivity index (χ0) is 16.5. The van der Waals surface area contributed by atoms with Crippen molar-refractivity contribution in [2.75, 3.05) is 26.7 Å². The van der Waals surface area contributed by atoms with Crippen molar-refractivity contribution in [1.29, 1.82) is 0 Å². The van der Waals surface area contributed by atoms with Crippen LogP contribution < -0.4 is 5.32 Å². The van der Waals surface area contributed by atoms with Crippen molar-refractivity contribution in [2.24, 2.45) is 5.92 Å². The van der Waals surface area contributed by atoms with Gasteiger partial charge in [-0.1, -0.05) is 15.9 Å². The summed E-state index contributed by atoms with van der Waals surface area (Å²) in [5.74, 6) is 0.267. The molecular weight excluding hydrogens is 374 g/mol. The summed E-state index contributed by atoms with van der Waals surface area (Å²) in [4.78, 5) is 10.5. The molecule has 1 saturated heterocycles. The van der Waals surface area contributed by atoms with Crippen LogP contribution >= 0.6 is 15.9 Å². The minimum absolute atomic E-state index is 0.0400. The Labute approximate surface area is 138 Å². The predicted molar refractivity (Wildman–Crippen MR) is 86.3 cm³/mol. The van der Waals surface area contributed by atoms with Crippen molar-refractivity contribution in [3.8, 4) is 0 Å². The molecule has 1 N–H and O–H groups in total. The van der Waals surface area contributed by atoms with Gasteiger partial charge in [0, 0.05) is 29.2 Å². The van der Waals surface area contributed by atoms with E-state index in [2.05, 4.69) is 21.2 Å². The summed E-state index contributed by atoms with van der Waals surface area (Å²) in [7, 11) is -1.88. The molecular formula is C13H18BrN3O4S. The molecule has 1 fully saturated rings. The van der Waals surface area contributed by atoms with Gasteiger partial charge in [-0.15, -0.1) is 0 Å². The van der Waals surface area contributed by atoms with Crippen molar-refractivity contribution >= 4 is 31.6 Å². The SMILES string of the molecule is CNCC1CCN(S(=O)(=O)c2cc(Br)c(C)c([N+](=O)[O-])c2)C1. The molecule has 122 valence electrons. The number of rotatable bonds is 5. The molecule has 0 aliphatic carbocycles. The van der Waals surface area contributed by atoms with Gasteiger partial charge in [-0.05, 0) is 38.9 Å². The highest BCUT2D eigenvalue weighted by molar-refractivity contribution is 9.10. The Hall–Kier alpha value is -1.03. The molecule has 1 atom stereocenters. The van der Waals surface area contributed by atoms with E-state index >= 15 is 0 Å². The number of nitrogens with zero attached hydrogens (tertiary/aromatic N) is 2. The molecule has 0 saturated carbocycles. The van der Waals surface area contributed by atoms with Gasteiger partial charge >= 0.3 is 0 Å². The number of hydrogen-bond donors (Lipinski definition) is 1. The van der Waals surface area contributed by atoms with Crippen LogP contribution in [0.15, 0.2) is 21.5 Å². The Balaban J connectivity index is 2.37. The maximum absolute atomic E-state index is 12.7. The summed E-state index contributed by atoms with van der Waals surface area (Å²) in [6, 6.07) is 2.57. The minimum atomic E-state index is -3.71. The summed E-state index contributed by atoms with van der Waals surface area (Å²) >= 11 is 3.21. The molecule has 2 rings (SSSR count). The van der Waals surface area contributed by atoms with Crippen LogP contribution in [0.25, 0.3) is 0 Å². The zero-order valence-electron chi connectivity index (χ0n) is 12.4. The highest BCUT2D eigenvalue weighted by atomic mass is 79.9. The predicted octanol–water partition coefficient (Wildman–Crippen LogP) is 1.90. The van der Waals surface area contributed by atoms with Crippen molar-refractivity contribution in [3.05, 3.63) is 32.3 Å². The number of nitrogens with one attached hydrogen (secondary N) is 1. The lowest BCUT2D eigenvalue weighted by atomic mass is 10.1. The first-order valence-corrected chi connectivity index (χ1v) is 9.10. The van der Waals surface area contributed by atoms with Gasteiger partial charge in [0.1, 0.15) is 0 Å². The fraction of sp³-hybridized carbons (Fsp3) is 0.538. The van der Waals surface area contributed by atoms with Gasteiger partial charge in [-0.25, -0.2) is 8.42 Å². The lowest BCUT2D eigenvalue weighted by Crippen LogP contribution is -2.30. The first-order chi connectivity index (χ1) is 10.3. The topological polar surface area (TPSA) is 92.6 Å². The quantitative estimate of drug-likeness (QED) is 0.610. The summed E-state index contributed by atoms with van der Waals surface area (Å²) in [6.07, 6.45) is 0.787. The average Bonchev–Trinajstić information content (AvgIpc) is 2.91. The number of halogens is 1. The summed E-state index contributed by atoms with van der Waals surface area (Å²) in [5.41, 5.74) is 0.220. The third-order valence-corrected chi connectivity index (χ3v) is 6.53. The monoisotopic (exact) mass is 391 g/mol. The van der Waals surface area contributed by atoms with Crippen molar-refractivity contribution in [2.45, 2.75) is 18.2 Å². The molecule has 0 bridgehead atoms. The molecule has 1 aromatic rings. The summed E-state index contributed by atoms with van der Waals surface area (Å²) in [6.45, 7) is 3.21. The van der Waals surface area contributed by atoms with Crippen LogP contribution in [0.5, 0.6) is 0 Å². The van der Waals surface area contributed by atoms with Crippen LogP contribution in [0.3, 0.4) is 0 Å². The van der Waals surface area contributed by atoms with E-state index in [0.717, 1.165) is 19.0 Å². The fourth-order valence-corrected chi connectivity index (χ4v) is 4.78. The maximum atomic E-state index is 12.7. The molecule has 1 aliphatic rings. The van der Waals surface area contributed by atoms with Gasteiger partial charge < -0.3 is 5.32 Å². The first-order valence-electron chi connectivity index (χ1n) is 6.86. The number of nitro benzene ring substituents is 1. The van der Waals surface area contributed by atoms with E-state index in [-0.39, 0.29) is 16.5 Å². The summed E-state index contributed by atoms with van der Waals surface area (Å²) < 4.78 is 27.2. The van der Waals surface area contributed by atoms with E-state index in [9.17, 15) is 18.5 Å². The second kappa shape index (κ2) is 6.61. The molecule has 7 nitrogen and oxygen atoms in total. The highest BCUT2D eigenvalue weighted by Crippen LogP contribution is 2.32. The smallest absolute Gasteiger partial charge is 0.274 e. The third-order valence-electron chi connectivity index (χ3n) is 3.87. The minimum Gasteiger partial charge on any atom is -0.319 e. The van der Waals surface area contributed by atoms with E-state index in [1.807, 2.05) is 7.05 Å². The highest BCUT2D eigenvalue weighted by Gasteiger charge is 2.33. The van der Waals surface area contributed by atoms with Crippen LogP contribution in [0.4, 0.5) is 5.69 Å². The van der Waals surface area contributed by atoms with Crippen LogP contribution in [0, 0.1) is 23.0 Å². The molecule has 9 heteroatoms. The van der Waals surface area contributed by atoms with Gasteiger partial charge in [0.15, 0.2) is 0 Å². The normalized spacial score (nSPS) is 19.5. The Kier molecular flexibility index (Phi) is 5.21. The third kappa shape index (κ3) is 3.32. The molecule has 1 aromatic carbocycles. The van der Waals surface area contributed by atoms with Gasteiger partial charge in [-0.3, -0.25) is 10.1 Å². The number of benzene rings is 1. The molecule has 0 aromatic heterocycles. The fourth-order valence-electron chi connectivity index (χ4n) is 2.60. The van der Waals surface area contributed by atoms with Crippen LogP contribution in [-0.4, -0.2) is 44.3 Å². The Bertz CT molecular complexity index is 693. The van der Waals surface area contributed by atoms with Crippen molar-refractivity contribution < 1.29 is 13.3 Å². The molecule has 0 amide bonds. The molecule has 1 heterocycles. The second-order valence-corrected chi connectivity index (χ2v) is 8.17. The van der Waals surface area contributed by atoms with E-state index in [0.29, 0.717) is 23.1 Å². The molecule has 0 spiro atoms. The van der Waals surface area contributed by atoms with Gasteiger partial charge in [-0.2, -0.15) is 4.31 Å². The molecule has 1 unspecified atom stereocenters. The van der Waals surface area contributed by atoms with E-state index in [1.165, 1.54) is 10.4 Å². The van der Waals surface area contributed by atoms with E-state index < -0.39 is 14.9 Å². The van der Waals surface area contributed by atoms with Gasteiger partial charge in [0.25, 0.3) is 5.69 Å². The van der Waals surface area contributed by atoms with E-state index in [4.69, 9.17) is 0 Å². The van der Waals surface area contributed by atoms with Crippen LogP contribution in [-0.2, 0) is 10.0 Å². The van der Waals surface area contributed by atoms with Crippen LogP contribution in [0.2, 0.25) is 0 Å². The maximum Gasteiger partial charge on any atom is 0.274 e. The largest absolute Gasteiger partial charge is 0.319 e. The average molecular weight is 392 g/mol. The molecule has 0 radical (unpaired) electrons.